The van der Waals surface area contributed by atoms with Crippen molar-refractivity contribution >= 4 is 22.2 Å². The summed E-state index contributed by atoms with van der Waals surface area (Å²) in [7, 11) is 0. The zero-order valence-corrected chi connectivity index (χ0v) is 8.74. The van der Waals surface area contributed by atoms with Gasteiger partial charge in [-0.05, 0) is 23.6 Å². The molecule has 0 aliphatic rings. The summed E-state index contributed by atoms with van der Waals surface area (Å²) in [5.41, 5.74) is 1.09. The molecule has 2 heterocycles. The first kappa shape index (κ1) is 9.73. The monoisotopic (exact) mass is 218 g/mol. The second-order valence-electron chi connectivity index (χ2n) is 2.91. The highest BCUT2D eigenvalue weighted by Gasteiger charge is 1.88. The number of nitrogens with zero attached hydrogens (tertiary/aromatic N) is 1. The van der Waals surface area contributed by atoms with Crippen LogP contribution in [0.5, 0.6) is 5.06 Å². The Morgan fingerprint density at radius 2 is 2.00 bits per heavy atom. The summed E-state index contributed by atoms with van der Waals surface area (Å²) >= 11 is 1.33. The summed E-state index contributed by atoms with van der Waals surface area (Å²) in [6, 6.07) is 11.5. The van der Waals surface area contributed by atoms with Gasteiger partial charge in [0.1, 0.15) is 0 Å². The molecule has 4 heteroatoms. The minimum Gasteiger partial charge on any atom is -0.499 e. The van der Waals surface area contributed by atoms with E-state index in [9.17, 15) is 0 Å². The van der Waals surface area contributed by atoms with E-state index >= 15 is 0 Å². The third kappa shape index (κ3) is 2.57. The van der Waals surface area contributed by atoms with Crippen LogP contribution in [-0.2, 0) is 0 Å². The standard InChI is InChI=1S/C7H6N2.C4H4OS/c1-2-4-7-6(3-1)5-8-9-7;5-4-2-1-3-6-4/h1-5H,(H,8,9);1-3,5H. The minimum absolute atomic E-state index is 0.384. The summed E-state index contributed by atoms with van der Waals surface area (Å²) in [6.45, 7) is 0. The van der Waals surface area contributed by atoms with Crippen LogP contribution in [0.15, 0.2) is 48.0 Å². The van der Waals surface area contributed by atoms with E-state index in [0.29, 0.717) is 5.06 Å². The van der Waals surface area contributed by atoms with Crippen molar-refractivity contribution in [2.24, 2.45) is 0 Å². The molecular weight excluding hydrogens is 208 g/mol. The summed E-state index contributed by atoms with van der Waals surface area (Å²) < 4.78 is 0. The van der Waals surface area contributed by atoms with Crippen LogP contribution in [0.3, 0.4) is 0 Å². The Kier molecular flexibility index (Phi) is 2.99. The van der Waals surface area contributed by atoms with Gasteiger partial charge in [-0.3, -0.25) is 5.10 Å². The van der Waals surface area contributed by atoms with Gasteiger partial charge in [-0.2, -0.15) is 5.10 Å². The van der Waals surface area contributed by atoms with Gasteiger partial charge in [-0.15, -0.1) is 11.3 Å². The van der Waals surface area contributed by atoms with Crippen LogP contribution in [0.25, 0.3) is 10.9 Å². The molecule has 3 aromatic rings. The molecule has 15 heavy (non-hydrogen) atoms. The highest BCUT2D eigenvalue weighted by molar-refractivity contribution is 7.11. The van der Waals surface area contributed by atoms with Gasteiger partial charge in [-0.25, -0.2) is 0 Å². The normalized spacial score (nSPS) is 9.60. The minimum atomic E-state index is 0.384. The molecule has 0 aliphatic heterocycles. The van der Waals surface area contributed by atoms with E-state index in [1.807, 2.05) is 35.8 Å². The van der Waals surface area contributed by atoms with Crippen LogP contribution < -0.4 is 0 Å². The zero-order chi connectivity index (χ0) is 10.5. The number of aromatic hydroxyl groups is 1. The Morgan fingerprint density at radius 3 is 2.60 bits per heavy atom. The SMILES string of the molecule is Oc1cccs1.c1ccc2[nH]ncc2c1. The molecule has 0 amide bonds. The van der Waals surface area contributed by atoms with Crippen molar-refractivity contribution in [3.05, 3.63) is 48.0 Å². The maximum Gasteiger partial charge on any atom is 0.171 e. The number of nitrogens with one attached hydrogen (secondary N) is 1. The largest absolute Gasteiger partial charge is 0.499 e. The number of aromatic nitrogens is 2. The highest BCUT2D eigenvalue weighted by Crippen LogP contribution is 2.14. The van der Waals surface area contributed by atoms with E-state index < -0.39 is 0 Å². The van der Waals surface area contributed by atoms with Gasteiger partial charge < -0.3 is 5.11 Å². The van der Waals surface area contributed by atoms with E-state index in [2.05, 4.69) is 10.2 Å². The van der Waals surface area contributed by atoms with Crippen molar-refractivity contribution < 1.29 is 5.11 Å². The number of fused-ring (bicyclic) bond motifs is 1. The maximum absolute atomic E-state index is 8.49. The average Bonchev–Trinajstić information content (AvgIpc) is 2.88. The van der Waals surface area contributed by atoms with Crippen LogP contribution in [0, 0.1) is 0 Å². The molecule has 0 atom stereocenters. The molecular formula is C11H10N2OS. The first-order valence-corrected chi connectivity index (χ1v) is 5.35. The van der Waals surface area contributed by atoms with E-state index in [4.69, 9.17) is 5.11 Å². The number of rotatable bonds is 0. The lowest BCUT2D eigenvalue weighted by atomic mass is 10.3. The van der Waals surface area contributed by atoms with Gasteiger partial charge in [-0.1, -0.05) is 18.2 Å². The van der Waals surface area contributed by atoms with Crippen LogP contribution >= 0.6 is 11.3 Å². The Hall–Kier alpha value is -1.81. The van der Waals surface area contributed by atoms with Crippen molar-refractivity contribution in [2.75, 3.05) is 0 Å². The predicted octanol–water partition coefficient (Wildman–Crippen LogP) is 3.02. The van der Waals surface area contributed by atoms with Crippen molar-refractivity contribution in [1.29, 1.82) is 0 Å². The van der Waals surface area contributed by atoms with Gasteiger partial charge in [0.15, 0.2) is 5.06 Å². The second kappa shape index (κ2) is 4.61. The van der Waals surface area contributed by atoms with Gasteiger partial charge in [0.25, 0.3) is 0 Å². The molecule has 2 N–H and O–H groups in total. The topological polar surface area (TPSA) is 48.9 Å². The lowest BCUT2D eigenvalue weighted by molar-refractivity contribution is 0.491. The molecule has 0 saturated carbocycles. The van der Waals surface area contributed by atoms with Gasteiger partial charge in [0.2, 0.25) is 0 Å². The van der Waals surface area contributed by atoms with Crippen LogP contribution in [0.2, 0.25) is 0 Å². The van der Waals surface area contributed by atoms with Crippen LogP contribution in [0.1, 0.15) is 0 Å². The lowest BCUT2D eigenvalue weighted by Gasteiger charge is -1.81. The number of thiophene rings is 1. The van der Waals surface area contributed by atoms with Crippen molar-refractivity contribution in [3.63, 3.8) is 0 Å². The van der Waals surface area contributed by atoms with E-state index in [1.54, 1.807) is 12.1 Å². The molecule has 0 fully saturated rings. The zero-order valence-electron chi connectivity index (χ0n) is 7.92. The quantitative estimate of drug-likeness (QED) is 0.609. The molecule has 0 unspecified atom stereocenters. The molecule has 0 aliphatic carbocycles. The van der Waals surface area contributed by atoms with Crippen LogP contribution in [0.4, 0.5) is 0 Å². The van der Waals surface area contributed by atoms with E-state index in [0.717, 1.165) is 10.9 Å². The smallest absolute Gasteiger partial charge is 0.171 e. The molecule has 1 aromatic carbocycles. The second-order valence-corrected chi connectivity index (χ2v) is 3.83. The van der Waals surface area contributed by atoms with E-state index in [-0.39, 0.29) is 0 Å². The van der Waals surface area contributed by atoms with Crippen LogP contribution in [-0.4, -0.2) is 15.3 Å². The third-order valence-electron chi connectivity index (χ3n) is 1.86. The number of hydrogen-bond donors (Lipinski definition) is 2. The number of benzene rings is 1. The number of para-hydroxylation sites is 1. The summed E-state index contributed by atoms with van der Waals surface area (Å²) in [6.07, 6.45) is 1.81. The van der Waals surface area contributed by atoms with Gasteiger partial charge in [0.05, 0.1) is 11.7 Å². The fourth-order valence-electron chi connectivity index (χ4n) is 1.15. The molecule has 3 nitrogen and oxygen atoms in total. The molecule has 0 radical (unpaired) electrons. The number of aromatic amines is 1. The lowest BCUT2D eigenvalue weighted by Crippen LogP contribution is -1.63. The molecule has 76 valence electrons. The molecule has 0 spiro atoms. The first-order chi connectivity index (χ1) is 7.36. The molecule has 0 bridgehead atoms. The molecule has 0 saturated heterocycles. The Bertz CT molecular complexity index is 486. The fourth-order valence-corrected chi connectivity index (χ4v) is 1.61. The first-order valence-electron chi connectivity index (χ1n) is 4.47. The Labute approximate surface area is 91.0 Å². The van der Waals surface area contributed by atoms with Gasteiger partial charge >= 0.3 is 0 Å². The van der Waals surface area contributed by atoms with Gasteiger partial charge in [0, 0.05) is 5.39 Å². The highest BCUT2D eigenvalue weighted by atomic mass is 32.1. The summed E-state index contributed by atoms with van der Waals surface area (Å²) in [4.78, 5) is 0. The fraction of sp³-hybridized carbons (Fsp3) is 0. The Morgan fingerprint density at radius 1 is 1.13 bits per heavy atom. The van der Waals surface area contributed by atoms with E-state index in [1.165, 1.54) is 11.3 Å². The maximum atomic E-state index is 8.49. The van der Waals surface area contributed by atoms with Crippen molar-refractivity contribution in [2.45, 2.75) is 0 Å². The average molecular weight is 218 g/mol. The molecule has 2 aromatic heterocycles. The predicted molar refractivity (Wildman–Crippen MR) is 62.1 cm³/mol. The number of hydrogen-bond acceptors (Lipinski definition) is 3. The van der Waals surface area contributed by atoms with Crippen molar-refractivity contribution in [1.82, 2.24) is 10.2 Å². The number of H-pyrrole nitrogens is 1. The third-order valence-corrected chi connectivity index (χ3v) is 2.53. The summed E-state index contributed by atoms with van der Waals surface area (Å²) in [5, 5.41) is 18.6. The Balaban J connectivity index is 0.000000124. The van der Waals surface area contributed by atoms with Crippen molar-refractivity contribution in [3.8, 4) is 5.06 Å². The summed E-state index contributed by atoms with van der Waals surface area (Å²) in [5.74, 6) is 0. The molecule has 3 rings (SSSR count).